The number of aliphatic hydroxyl groups excluding tert-OH is 1. The maximum atomic E-state index is 13.2. The summed E-state index contributed by atoms with van der Waals surface area (Å²) < 4.78 is 5.90. The third-order valence-corrected chi connectivity index (χ3v) is 8.40. The Morgan fingerprint density at radius 1 is 1.26 bits per heavy atom. The Morgan fingerprint density at radius 2 is 2.06 bits per heavy atom. The van der Waals surface area contributed by atoms with Crippen molar-refractivity contribution in [2.45, 2.75) is 57.0 Å². The van der Waals surface area contributed by atoms with Crippen molar-refractivity contribution in [2.75, 3.05) is 38.1 Å². The van der Waals surface area contributed by atoms with Crippen molar-refractivity contribution in [1.82, 2.24) is 14.9 Å². The zero-order valence-electron chi connectivity index (χ0n) is 19.1. The molecule has 1 saturated carbocycles. The Labute approximate surface area is 208 Å². The molecule has 11 heteroatoms. The van der Waals surface area contributed by atoms with Crippen molar-refractivity contribution in [3.8, 4) is 0 Å². The Bertz CT molecular complexity index is 961. The molecular formula is C23H30Cl2N4O5. The number of amides is 2. The Hall–Kier alpha value is -1.62. The second kappa shape index (κ2) is 9.44. The van der Waals surface area contributed by atoms with Gasteiger partial charge in [-0.15, -0.1) is 5.06 Å². The fourth-order valence-electron chi connectivity index (χ4n) is 5.25. The second-order valence-corrected chi connectivity index (χ2v) is 10.6. The number of anilines is 1. The molecular weight excluding hydrogens is 483 g/mol. The maximum absolute atomic E-state index is 13.2. The van der Waals surface area contributed by atoms with E-state index in [1.807, 2.05) is 0 Å². The van der Waals surface area contributed by atoms with Gasteiger partial charge in [0.1, 0.15) is 12.3 Å². The van der Waals surface area contributed by atoms with Gasteiger partial charge in [0.05, 0.1) is 35.3 Å². The molecule has 1 aromatic rings. The van der Waals surface area contributed by atoms with Crippen LogP contribution in [0.3, 0.4) is 0 Å². The normalized spacial score (nSPS) is 30.9. The van der Waals surface area contributed by atoms with Crippen LogP contribution in [0.25, 0.3) is 0 Å². The lowest BCUT2D eigenvalue weighted by Gasteiger charge is -2.41. The average molecular weight is 513 g/mol. The number of ether oxygens (including phenoxy) is 1. The average Bonchev–Trinajstić information content (AvgIpc) is 3.47. The number of aliphatic hydroxyl groups is 1. The van der Waals surface area contributed by atoms with E-state index in [1.54, 1.807) is 24.0 Å². The van der Waals surface area contributed by atoms with E-state index >= 15 is 0 Å². The van der Waals surface area contributed by atoms with Gasteiger partial charge in [0, 0.05) is 18.8 Å². The van der Waals surface area contributed by atoms with Crippen molar-refractivity contribution in [3.05, 3.63) is 28.2 Å². The van der Waals surface area contributed by atoms with Crippen LogP contribution < -0.4 is 5.32 Å². The van der Waals surface area contributed by atoms with Crippen LogP contribution in [0.5, 0.6) is 0 Å². The quantitative estimate of drug-likeness (QED) is 0.626. The maximum Gasteiger partial charge on any atom is 0.430 e. The lowest BCUT2D eigenvalue weighted by molar-refractivity contribution is -0.198. The van der Waals surface area contributed by atoms with Gasteiger partial charge in [0.15, 0.2) is 0 Å². The molecule has 3 heterocycles. The van der Waals surface area contributed by atoms with E-state index in [4.69, 9.17) is 32.8 Å². The molecule has 1 aromatic carbocycles. The van der Waals surface area contributed by atoms with E-state index in [0.717, 1.165) is 38.8 Å². The topological polar surface area (TPSA) is 94.6 Å². The Morgan fingerprint density at radius 3 is 2.76 bits per heavy atom. The van der Waals surface area contributed by atoms with Crippen molar-refractivity contribution >= 4 is 40.9 Å². The summed E-state index contributed by atoms with van der Waals surface area (Å²) >= 11 is 11.9. The number of benzene rings is 1. The number of β-amino-alcohol motifs (C(OH)–C–C–N with tert-alkyl or cyclic N) is 1. The van der Waals surface area contributed by atoms with E-state index in [-0.39, 0.29) is 30.0 Å². The molecule has 0 bridgehead atoms. The molecule has 4 atom stereocenters. The van der Waals surface area contributed by atoms with E-state index < -0.39 is 18.4 Å². The first-order valence-corrected chi connectivity index (χ1v) is 12.6. The number of carbonyl (C=O) groups is 2. The molecule has 1 spiro atoms. The first kappa shape index (κ1) is 24.1. The summed E-state index contributed by atoms with van der Waals surface area (Å²) in [6, 6.07) is 4.05. The van der Waals surface area contributed by atoms with Crippen LogP contribution in [-0.4, -0.2) is 89.2 Å². The summed E-state index contributed by atoms with van der Waals surface area (Å²) in [7, 11) is 0. The number of likely N-dealkylation sites (tertiary alicyclic amines) is 1. The molecule has 3 saturated heterocycles. The number of piperidine rings is 1. The minimum atomic E-state index is -0.724. The molecule has 9 nitrogen and oxygen atoms in total. The molecule has 5 rings (SSSR count). The number of hydrogen-bond acceptors (Lipinski definition) is 7. The largest absolute Gasteiger partial charge is 0.430 e. The van der Waals surface area contributed by atoms with Crippen LogP contribution >= 0.6 is 23.2 Å². The number of fused-ring (bicyclic) bond motifs is 1. The molecule has 2 N–H and O–H groups in total. The molecule has 186 valence electrons. The zero-order chi connectivity index (χ0) is 24.0. The highest BCUT2D eigenvalue weighted by Gasteiger charge is 2.51. The fraction of sp³-hybridized carbons (Fsp3) is 0.652. The SMILES string of the molecule is C[C@H]1C(=O)N2[C@@H](CCN3CCC4(CC4)[C@H](O)C3)CO[C@H]2CN1OC(=O)Nc1ccc(Cl)c(Cl)c1. The third kappa shape index (κ3) is 4.74. The van der Waals surface area contributed by atoms with Crippen LogP contribution in [0.15, 0.2) is 18.2 Å². The van der Waals surface area contributed by atoms with Crippen molar-refractivity contribution in [2.24, 2.45) is 5.41 Å². The molecule has 34 heavy (non-hydrogen) atoms. The predicted octanol–water partition coefficient (Wildman–Crippen LogP) is 2.95. The fourth-order valence-corrected chi connectivity index (χ4v) is 5.54. The Kier molecular flexibility index (Phi) is 6.69. The molecule has 4 aliphatic rings. The van der Waals surface area contributed by atoms with Gasteiger partial charge in [-0.05, 0) is 62.8 Å². The Balaban J connectivity index is 1.13. The second-order valence-electron chi connectivity index (χ2n) is 9.81. The number of hydrogen-bond donors (Lipinski definition) is 2. The standard InChI is InChI=1S/C23H30Cl2N4O5/c1-14-21(31)29-16(4-8-27-9-7-23(5-6-23)19(30)11-27)13-33-20(29)12-28(14)34-22(32)26-15-2-3-17(24)18(25)10-15/h2-3,10,14,16,19-20,30H,4-9,11-13H2,1H3,(H,26,32)/t14-,16-,19+,20-/m0/s1. The number of piperazine rings is 1. The molecule has 3 aliphatic heterocycles. The van der Waals surface area contributed by atoms with Gasteiger partial charge >= 0.3 is 6.09 Å². The highest BCUT2D eigenvalue weighted by atomic mass is 35.5. The van der Waals surface area contributed by atoms with Crippen molar-refractivity contribution in [3.63, 3.8) is 0 Å². The number of carbonyl (C=O) groups excluding carboxylic acids is 2. The van der Waals surface area contributed by atoms with Gasteiger partial charge in [-0.1, -0.05) is 23.2 Å². The molecule has 0 aromatic heterocycles. The molecule has 1 aliphatic carbocycles. The van der Waals surface area contributed by atoms with Gasteiger partial charge in [0.25, 0.3) is 0 Å². The van der Waals surface area contributed by atoms with Crippen LogP contribution in [0.4, 0.5) is 10.5 Å². The van der Waals surface area contributed by atoms with Crippen molar-refractivity contribution < 1.29 is 24.3 Å². The highest BCUT2D eigenvalue weighted by Crippen LogP contribution is 2.53. The number of halogens is 2. The number of nitrogens with one attached hydrogen (secondary N) is 1. The molecule has 0 unspecified atom stereocenters. The summed E-state index contributed by atoms with van der Waals surface area (Å²) in [5.41, 5.74) is 0.621. The highest BCUT2D eigenvalue weighted by molar-refractivity contribution is 6.42. The first-order valence-electron chi connectivity index (χ1n) is 11.8. The monoisotopic (exact) mass is 512 g/mol. The van der Waals surface area contributed by atoms with Gasteiger partial charge in [0.2, 0.25) is 5.91 Å². The van der Waals surface area contributed by atoms with E-state index in [1.165, 1.54) is 11.1 Å². The van der Waals surface area contributed by atoms with Gasteiger partial charge in [-0.3, -0.25) is 10.1 Å². The minimum Gasteiger partial charge on any atom is -0.391 e. The van der Waals surface area contributed by atoms with E-state index in [9.17, 15) is 14.7 Å². The lowest BCUT2D eigenvalue weighted by Crippen LogP contribution is -2.61. The summed E-state index contributed by atoms with van der Waals surface area (Å²) in [5.74, 6) is -0.128. The number of nitrogens with zero attached hydrogens (tertiary/aromatic N) is 3. The van der Waals surface area contributed by atoms with Crippen LogP contribution in [0, 0.1) is 5.41 Å². The summed E-state index contributed by atoms with van der Waals surface area (Å²) in [6.07, 6.45) is 2.69. The smallest absolute Gasteiger partial charge is 0.391 e. The summed E-state index contributed by atoms with van der Waals surface area (Å²) in [4.78, 5) is 35.1. The molecule has 2 amide bonds. The van der Waals surface area contributed by atoms with Crippen molar-refractivity contribution in [1.29, 1.82) is 0 Å². The van der Waals surface area contributed by atoms with Gasteiger partial charge in [-0.25, -0.2) is 4.79 Å². The zero-order valence-corrected chi connectivity index (χ0v) is 20.6. The third-order valence-electron chi connectivity index (χ3n) is 7.67. The van der Waals surface area contributed by atoms with Crippen LogP contribution in [-0.2, 0) is 14.4 Å². The minimum absolute atomic E-state index is 0.0268. The predicted molar refractivity (Wildman–Crippen MR) is 126 cm³/mol. The van der Waals surface area contributed by atoms with Gasteiger partial charge < -0.3 is 24.5 Å². The number of hydroxylamine groups is 2. The van der Waals surface area contributed by atoms with E-state index in [2.05, 4.69) is 10.2 Å². The van der Waals surface area contributed by atoms with Crippen LogP contribution in [0.1, 0.15) is 32.6 Å². The molecule has 0 radical (unpaired) electrons. The van der Waals surface area contributed by atoms with E-state index in [0.29, 0.717) is 28.9 Å². The summed E-state index contributed by atoms with van der Waals surface area (Å²) in [5, 5.41) is 15.1. The number of rotatable bonds is 5. The van der Waals surface area contributed by atoms with Crippen LogP contribution in [0.2, 0.25) is 10.0 Å². The van der Waals surface area contributed by atoms with Gasteiger partial charge in [-0.2, -0.15) is 0 Å². The molecule has 4 fully saturated rings. The first-order chi connectivity index (χ1) is 16.3. The summed E-state index contributed by atoms with van der Waals surface area (Å²) in [6.45, 7) is 4.95. The lowest BCUT2D eigenvalue weighted by atomic mass is 9.90.